The maximum atomic E-state index is 13.0. The van der Waals surface area contributed by atoms with Gasteiger partial charge in [-0.3, -0.25) is 9.59 Å². The molecule has 0 unspecified atom stereocenters. The predicted molar refractivity (Wildman–Crippen MR) is 93.3 cm³/mol. The van der Waals surface area contributed by atoms with E-state index in [4.69, 9.17) is 4.74 Å². The standard InChI is InChI=1S/C19H19FN2O4/c1-26-16-5-3-2-4-15(16)22-11-10-21(12-17(22)23)19(25)18(24)13-6-8-14(20)9-7-13/h2-9,18,24H,10-12H2,1H3/t18-/m0/s1. The number of carbonyl (C=O) groups excluding carboxylic acids is 2. The number of methoxy groups -OCH3 is 1. The van der Waals surface area contributed by atoms with Gasteiger partial charge in [-0.25, -0.2) is 4.39 Å². The molecule has 1 atom stereocenters. The summed E-state index contributed by atoms with van der Waals surface area (Å²) >= 11 is 0. The number of rotatable bonds is 4. The highest BCUT2D eigenvalue weighted by Gasteiger charge is 2.32. The van der Waals surface area contributed by atoms with E-state index in [0.29, 0.717) is 18.0 Å². The summed E-state index contributed by atoms with van der Waals surface area (Å²) in [5.74, 6) is -0.717. The largest absolute Gasteiger partial charge is 0.495 e. The normalized spacial score (nSPS) is 15.7. The summed E-state index contributed by atoms with van der Waals surface area (Å²) < 4.78 is 18.3. The summed E-state index contributed by atoms with van der Waals surface area (Å²) in [5, 5.41) is 10.2. The van der Waals surface area contributed by atoms with Crippen LogP contribution in [0.4, 0.5) is 10.1 Å². The van der Waals surface area contributed by atoms with Gasteiger partial charge < -0.3 is 19.6 Å². The van der Waals surface area contributed by atoms with Gasteiger partial charge in [-0.1, -0.05) is 24.3 Å². The molecule has 6 nitrogen and oxygen atoms in total. The number of hydrogen-bond acceptors (Lipinski definition) is 4. The van der Waals surface area contributed by atoms with Crippen LogP contribution in [0.1, 0.15) is 11.7 Å². The molecule has 136 valence electrons. The lowest BCUT2D eigenvalue weighted by Gasteiger charge is -2.35. The van der Waals surface area contributed by atoms with E-state index in [-0.39, 0.29) is 24.6 Å². The van der Waals surface area contributed by atoms with Crippen molar-refractivity contribution >= 4 is 17.5 Å². The Morgan fingerprint density at radius 1 is 1.15 bits per heavy atom. The van der Waals surface area contributed by atoms with E-state index in [1.54, 1.807) is 23.1 Å². The van der Waals surface area contributed by atoms with Crippen molar-refractivity contribution in [1.82, 2.24) is 4.90 Å². The van der Waals surface area contributed by atoms with Crippen LogP contribution in [-0.4, -0.2) is 48.6 Å². The van der Waals surface area contributed by atoms with Crippen molar-refractivity contribution in [1.29, 1.82) is 0 Å². The summed E-state index contributed by atoms with van der Waals surface area (Å²) in [4.78, 5) is 27.9. The molecule has 2 amide bonds. The van der Waals surface area contributed by atoms with Crippen LogP contribution in [0, 0.1) is 5.82 Å². The van der Waals surface area contributed by atoms with Crippen LogP contribution in [0.25, 0.3) is 0 Å². The zero-order valence-electron chi connectivity index (χ0n) is 14.3. The number of aliphatic hydroxyl groups excluding tert-OH is 1. The summed E-state index contributed by atoms with van der Waals surface area (Å²) in [6.45, 7) is 0.428. The number of anilines is 1. The Bertz CT molecular complexity index is 809. The third kappa shape index (κ3) is 3.52. The molecule has 7 heteroatoms. The molecule has 0 bridgehead atoms. The number of halogens is 1. The highest BCUT2D eigenvalue weighted by molar-refractivity contribution is 5.99. The molecule has 1 saturated heterocycles. The minimum absolute atomic E-state index is 0.144. The second kappa shape index (κ2) is 7.53. The first-order chi connectivity index (χ1) is 12.5. The lowest BCUT2D eigenvalue weighted by Crippen LogP contribution is -2.53. The first-order valence-electron chi connectivity index (χ1n) is 8.17. The Morgan fingerprint density at radius 2 is 1.85 bits per heavy atom. The number of nitrogens with zero attached hydrogens (tertiary/aromatic N) is 2. The van der Waals surface area contributed by atoms with Crippen LogP contribution in [0.15, 0.2) is 48.5 Å². The molecular formula is C19H19FN2O4. The molecule has 1 aliphatic heterocycles. The second-order valence-electron chi connectivity index (χ2n) is 5.93. The fraction of sp³-hybridized carbons (Fsp3) is 0.263. The molecule has 1 N–H and O–H groups in total. The van der Waals surface area contributed by atoms with Crippen molar-refractivity contribution < 1.29 is 23.8 Å². The molecule has 1 fully saturated rings. The summed E-state index contributed by atoms with van der Waals surface area (Å²) in [7, 11) is 1.53. The molecule has 1 heterocycles. The molecule has 3 rings (SSSR count). The predicted octanol–water partition coefficient (Wildman–Crippen LogP) is 1.74. The molecule has 0 spiro atoms. The highest BCUT2D eigenvalue weighted by Crippen LogP contribution is 2.29. The van der Waals surface area contributed by atoms with Gasteiger partial charge in [-0.2, -0.15) is 0 Å². The van der Waals surface area contributed by atoms with Crippen molar-refractivity contribution in [3.8, 4) is 5.75 Å². The van der Waals surface area contributed by atoms with Crippen molar-refractivity contribution in [2.45, 2.75) is 6.10 Å². The van der Waals surface area contributed by atoms with Crippen molar-refractivity contribution in [2.24, 2.45) is 0 Å². The van der Waals surface area contributed by atoms with Gasteiger partial charge in [0, 0.05) is 13.1 Å². The number of aliphatic hydroxyl groups is 1. The van der Waals surface area contributed by atoms with Crippen molar-refractivity contribution in [3.63, 3.8) is 0 Å². The zero-order valence-corrected chi connectivity index (χ0v) is 14.3. The SMILES string of the molecule is COc1ccccc1N1CCN(C(=O)[C@@H](O)c2ccc(F)cc2)CC1=O. The van der Waals surface area contributed by atoms with Gasteiger partial charge in [0.15, 0.2) is 6.10 Å². The number of ether oxygens (including phenoxy) is 1. The number of hydrogen-bond donors (Lipinski definition) is 1. The minimum atomic E-state index is -1.43. The van der Waals surface area contributed by atoms with E-state index in [9.17, 15) is 19.1 Å². The molecule has 0 aromatic heterocycles. The van der Waals surface area contributed by atoms with Gasteiger partial charge in [0.2, 0.25) is 5.91 Å². The smallest absolute Gasteiger partial charge is 0.256 e. The van der Waals surface area contributed by atoms with Crippen molar-refractivity contribution in [3.05, 3.63) is 59.9 Å². The number of benzene rings is 2. The fourth-order valence-electron chi connectivity index (χ4n) is 2.93. The summed E-state index contributed by atoms with van der Waals surface area (Å²) in [5.41, 5.74) is 0.933. The first kappa shape index (κ1) is 17.9. The molecule has 0 aliphatic carbocycles. The first-order valence-corrected chi connectivity index (χ1v) is 8.17. The van der Waals surface area contributed by atoms with Crippen molar-refractivity contribution in [2.75, 3.05) is 31.6 Å². The van der Waals surface area contributed by atoms with Crippen LogP contribution >= 0.6 is 0 Å². The van der Waals surface area contributed by atoms with Gasteiger partial charge in [-0.05, 0) is 29.8 Å². The Morgan fingerprint density at radius 3 is 2.50 bits per heavy atom. The Hall–Kier alpha value is -2.93. The Labute approximate surface area is 150 Å². The zero-order chi connectivity index (χ0) is 18.7. The topological polar surface area (TPSA) is 70.1 Å². The van der Waals surface area contributed by atoms with E-state index >= 15 is 0 Å². The lowest BCUT2D eigenvalue weighted by atomic mass is 10.1. The van der Waals surface area contributed by atoms with Gasteiger partial charge in [0.25, 0.3) is 5.91 Å². The van der Waals surface area contributed by atoms with E-state index in [2.05, 4.69) is 0 Å². The van der Waals surface area contributed by atoms with E-state index < -0.39 is 17.8 Å². The molecule has 0 saturated carbocycles. The maximum absolute atomic E-state index is 13.0. The quantitative estimate of drug-likeness (QED) is 0.904. The third-order valence-corrected chi connectivity index (χ3v) is 4.33. The van der Waals surface area contributed by atoms with Gasteiger partial charge in [-0.15, -0.1) is 0 Å². The number of carbonyl (C=O) groups is 2. The summed E-state index contributed by atoms with van der Waals surface area (Å²) in [6, 6.07) is 12.2. The molecule has 0 radical (unpaired) electrons. The van der Waals surface area contributed by atoms with Gasteiger partial charge >= 0.3 is 0 Å². The Balaban J connectivity index is 1.71. The third-order valence-electron chi connectivity index (χ3n) is 4.33. The molecular weight excluding hydrogens is 339 g/mol. The minimum Gasteiger partial charge on any atom is -0.495 e. The fourth-order valence-corrected chi connectivity index (χ4v) is 2.93. The molecule has 26 heavy (non-hydrogen) atoms. The highest BCUT2D eigenvalue weighted by atomic mass is 19.1. The van der Waals surface area contributed by atoms with Crippen LogP contribution in [-0.2, 0) is 9.59 Å². The number of amides is 2. The van der Waals surface area contributed by atoms with E-state index in [1.165, 1.54) is 36.3 Å². The molecule has 2 aromatic carbocycles. The number of piperazine rings is 1. The average molecular weight is 358 g/mol. The second-order valence-corrected chi connectivity index (χ2v) is 5.93. The van der Waals surface area contributed by atoms with Crippen LogP contribution in [0.2, 0.25) is 0 Å². The van der Waals surface area contributed by atoms with Crippen LogP contribution < -0.4 is 9.64 Å². The summed E-state index contributed by atoms with van der Waals surface area (Å²) in [6.07, 6.45) is -1.43. The van der Waals surface area contributed by atoms with Gasteiger partial charge in [0.1, 0.15) is 18.1 Å². The number of para-hydroxylation sites is 2. The van der Waals surface area contributed by atoms with E-state index in [1.807, 2.05) is 6.07 Å². The average Bonchev–Trinajstić information content (AvgIpc) is 2.67. The molecule has 2 aromatic rings. The maximum Gasteiger partial charge on any atom is 0.256 e. The monoisotopic (exact) mass is 358 g/mol. The van der Waals surface area contributed by atoms with E-state index in [0.717, 1.165) is 0 Å². The lowest BCUT2D eigenvalue weighted by molar-refractivity contribution is -0.144. The van der Waals surface area contributed by atoms with Crippen LogP contribution in [0.3, 0.4) is 0 Å². The van der Waals surface area contributed by atoms with Gasteiger partial charge in [0.05, 0.1) is 12.8 Å². The molecule has 1 aliphatic rings. The Kier molecular flexibility index (Phi) is 5.18. The van der Waals surface area contributed by atoms with Crippen LogP contribution in [0.5, 0.6) is 5.75 Å².